The van der Waals surface area contributed by atoms with Crippen molar-refractivity contribution in [3.8, 4) is 0 Å². The van der Waals surface area contributed by atoms with Crippen LogP contribution in [0.1, 0.15) is 56.3 Å². The number of hydrogen-bond donors (Lipinski definition) is 2. The molecule has 102 valence electrons. The lowest BCUT2D eigenvalue weighted by Gasteiger charge is -2.28. The molecule has 0 aliphatic heterocycles. The Morgan fingerprint density at radius 1 is 1.44 bits per heavy atom. The standard InChI is InChI=1S/C14H25N3O/c1-3-8-15-9-12-10-16-17(11(12)2)13-6-4-5-7-14(13)18/h10,13-15,18H,3-9H2,1-2H3. The molecular weight excluding hydrogens is 226 g/mol. The minimum absolute atomic E-state index is 0.179. The normalized spacial score (nSPS) is 24.4. The van der Waals surface area contributed by atoms with Crippen LogP contribution in [0.25, 0.3) is 0 Å². The average Bonchev–Trinajstić information content (AvgIpc) is 2.72. The number of hydrogen-bond acceptors (Lipinski definition) is 3. The summed E-state index contributed by atoms with van der Waals surface area (Å²) in [6, 6.07) is 0.179. The van der Waals surface area contributed by atoms with E-state index in [9.17, 15) is 5.11 Å². The third kappa shape index (κ3) is 2.93. The van der Waals surface area contributed by atoms with Gasteiger partial charge in [0.2, 0.25) is 0 Å². The first-order valence-corrected chi connectivity index (χ1v) is 7.15. The summed E-state index contributed by atoms with van der Waals surface area (Å²) in [5.41, 5.74) is 2.45. The fourth-order valence-electron chi connectivity index (χ4n) is 2.74. The molecule has 2 N–H and O–H groups in total. The summed E-state index contributed by atoms with van der Waals surface area (Å²) in [5, 5.41) is 18.0. The smallest absolute Gasteiger partial charge is 0.0781 e. The van der Waals surface area contributed by atoms with Crippen LogP contribution in [0.3, 0.4) is 0 Å². The third-order valence-corrected chi connectivity index (χ3v) is 3.90. The molecule has 4 nitrogen and oxygen atoms in total. The van der Waals surface area contributed by atoms with Crippen LogP contribution in [-0.2, 0) is 6.54 Å². The third-order valence-electron chi connectivity index (χ3n) is 3.90. The summed E-state index contributed by atoms with van der Waals surface area (Å²) < 4.78 is 2.03. The predicted molar refractivity (Wildman–Crippen MR) is 72.5 cm³/mol. The topological polar surface area (TPSA) is 50.1 Å². The number of nitrogens with zero attached hydrogens (tertiary/aromatic N) is 2. The Balaban J connectivity index is 2.04. The zero-order valence-electron chi connectivity index (χ0n) is 11.5. The van der Waals surface area contributed by atoms with Gasteiger partial charge in [0, 0.05) is 17.8 Å². The Morgan fingerprint density at radius 2 is 2.22 bits per heavy atom. The van der Waals surface area contributed by atoms with Crippen molar-refractivity contribution in [2.24, 2.45) is 0 Å². The molecule has 0 saturated heterocycles. The van der Waals surface area contributed by atoms with Crippen molar-refractivity contribution >= 4 is 0 Å². The van der Waals surface area contributed by atoms with E-state index in [4.69, 9.17) is 0 Å². The van der Waals surface area contributed by atoms with Crippen molar-refractivity contribution < 1.29 is 5.11 Å². The van der Waals surface area contributed by atoms with Crippen LogP contribution in [-0.4, -0.2) is 27.5 Å². The van der Waals surface area contributed by atoms with Gasteiger partial charge in [-0.15, -0.1) is 0 Å². The van der Waals surface area contributed by atoms with Crippen LogP contribution in [0.2, 0.25) is 0 Å². The van der Waals surface area contributed by atoms with Gasteiger partial charge in [0.25, 0.3) is 0 Å². The second kappa shape index (κ2) is 6.34. The lowest BCUT2D eigenvalue weighted by molar-refractivity contribution is 0.0683. The number of aliphatic hydroxyl groups is 1. The monoisotopic (exact) mass is 251 g/mol. The molecule has 18 heavy (non-hydrogen) atoms. The molecule has 0 amide bonds. The van der Waals surface area contributed by atoms with E-state index in [1.807, 2.05) is 10.9 Å². The second-order valence-electron chi connectivity index (χ2n) is 5.30. The maximum atomic E-state index is 10.1. The molecule has 0 bridgehead atoms. The molecule has 1 aromatic rings. The highest BCUT2D eigenvalue weighted by Gasteiger charge is 2.26. The summed E-state index contributed by atoms with van der Waals surface area (Å²) >= 11 is 0. The molecule has 0 radical (unpaired) electrons. The number of aromatic nitrogens is 2. The van der Waals surface area contributed by atoms with Crippen LogP contribution in [0.15, 0.2) is 6.20 Å². The number of nitrogens with one attached hydrogen (secondary N) is 1. The SMILES string of the molecule is CCCNCc1cnn(C2CCCCC2O)c1C. The minimum atomic E-state index is -0.228. The molecule has 1 saturated carbocycles. The zero-order valence-corrected chi connectivity index (χ0v) is 11.5. The van der Waals surface area contributed by atoms with E-state index >= 15 is 0 Å². The van der Waals surface area contributed by atoms with E-state index in [2.05, 4.69) is 24.3 Å². The van der Waals surface area contributed by atoms with Gasteiger partial charge >= 0.3 is 0 Å². The number of aliphatic hydroxyl groups excluding tert-OH is 1. The van der Waals surface area contributed by atoms with Crippen molar-refractivity contribution in [1.29, 1.82) is 0 Å². The summed E-state index contributed by atoms with van der Waals surface area (Å²) in [6.07, 6.45) is 7.16. The van der Waals surface area contributed by atoms with Crippen LogP contribution in [0, 0.1) is 6.92 Å². The summed E-state index contributed by atoms with van der Waals surface area (Å²) in [7, 11) is 0. The molecule has 1 aliphatic rings. The van der Waals surface area contributed by atoms with Crippen molar-refractivity contribution in [2.75, 3.05) is 6.54 Å². The Kier molecular flexibility index (Phi) is 4.78. The van der Waals surface area contributed by atoms with Crippen molar-refractivity contribution in [3.63, 3.8) is 0 Å². The van der Waals surface area contributed by atoms with E-state index in [1.54, 1.807) is 0 Å². The molecule has 1 heterocycles. The molecule has 1 fully saturated rings. The largest absolute Gasteiger partial charge is 0.391 e. The van der Waals surface area contributed by atoms with Crippen LogP contribution in [0.4, 0.5) is 0 Å². The fraction of sp³-hybridized carbons (Fsp3) is 0.786. The Morgan fingerprint density at radius 3 is 2.94 bits per heavy atom. The highest BCUT2D eigenvalue weighted by molar-refractivity contribution is 5.17. The van der Waals surface area contributed by atoms with E-state index in [0.717, 1.165) is 38.8 Å². The van der Waals surface area contributed by atoms with Gasteiger partial charge in [-0.25, -0.2) is 0 Å². The van der Waals surface area contributed by atoms with Gasteiger partial charge in [-0.05, 0) is 32.7 Å². The minimum Gasteiger partial charge on any atom is -0.391 e. The second-order valence-corrected chi connectivity index (χ2v) is 5.30. The van der Waals surface area contributed by atoms with E-state index in [1.165, 1.54) is 17.7 Å². The van der Waals surface area contributed by atoms with Crippen LogP contribution < -0.4 is 5.32 Å². The van der Waals surface area contributed by atoms with Crippen molar-refractivity contribution in [1.82, 2.24) is 15.1 Å². The maximum absolute atomic E-state index is 10.1. The molecule has 0 spiro atoms. The maximum Gasteiger partial charge on any atom is 0.0781 e. The lowest BCUT2D eigenvalue weighted by Crippen LogP contribution is -2.29. The van der Waals surface area contributed by atoms with Gasteiger partial charge in [0.15, 0.2) is 0 Å². The lowest BCUT2D eigenvalue weighted by atomic mass is 9.92. The van der Waals surface area contributed by atoms with Gasteiger partial charge in [-0.1, -0.05) is 19.8 Å². The van der Waals surface area contributed by atoms with Gasteiger partial charge in [-0.3, -0.25) is 4.68 Å². The Labute approximate surface area is 109 Å². The van der Waals surface area contributed by atoms with Gasteiger partial charge in [0.1, 0.15) is 0 Å². The average molecular weight is 251 g/mol. The fourth-order valence-corrected chi connectivity index (χ4v) is 2.74. The van der Waals surface area contributed by atoms with Crippen molar-refractivity contribution in [2.45, 2.75) is 64.6 Å². The molecule has 2 rings (SSSR count). The Hall–Kier alpha value is -0.870. The molecular formula is C14H25N3O. The highest BCUT2D eigenvalue weighted by atomic mass is 16.3. The van der Waals surface area contributed by atoms with E-state index < -0.39 is 0 Å². The first kappa shape index (κ1) is 13.6. The molecule has 2 atom stereocenters. The molecule has 1 aliphatic carbocycles. The van der Waals surface area contributed by atoms with Gasteiger partial charge in [-0.2, -0.15) is 5.10 Å². The summed E-state index contributed by atoms with van der Waals surface area (Å²) in [4.78, 5) is 0. The van der Waals surface area contributed by atoms with E-state index in [0.29, 0.717) is 0 Å². The number of rotatable bonds is 5. The van der Waals surface area contributed by atoms with Gasteiger partial charge < -0.3 is 10.4 Å². The molecule has 0 aromatic carbocycles. The first-order valence-electron chi connectivity index (χ1n) is 7.15. The Bertz CT molecular complexity index is 375. The van der Waals surface area contributed by atoms with Gasteiger partial charge in [0.05, 0.1) is 18.3 Å². The summed E-state index contributed by atoms with van der Waals surface area (Å²) in [6.45, 7) is 6.19. The van der Waals surface area contributed by atoms with Crippen LogP contribution in [0.5, 0.6) is 0 Å². The summed E-state index contributed by atoms with van der Waals surface area (Å²) in [5.74, 6) is 0. The quantitative estimate of drug-likeness (QED) is 0.789. The van der Waals surface area contributed by atoms with Crippen molar-refractivity contribution in [3.05, 3.63) is 17.5 Å². The predicted octanol–water partition coefficient (Wildman–Crippen LogP) is 2.17. The molecule has 2 unspecified atom stereocenters. The highest BCUT2D eigenvalue weighted by Crippen LogP contribution is 2.29. The van der Waals surface area contributed by atoms with Crippen LogP contribution >= 0.6 is 0 Å². The molecule has 1 aromatic heterocycles. The zero-order chi connectivity index (χ0) is 13.0. The molecule has 4 heteroatoms. The van der Waals surface area contributed by atoms with E-state index in [-0.39, 0.29) is 12.1 Å². The first-order chi connectivity index (χ1) is 8.74.